The lowest BCUT2D eigenvalue weighted by Crippen LogP contribution is -2.43. The molecule has 0 heterocycles. The third-order valence-electron chi connectivity index (χ3n) is 3.92. The predicted octanol–water partition coefficient (Wildman–Crippen LogP) is 3.25. The minimum absolute atomic E-state index is 0.0117. The summed E-state index contributed by atoms with van der Waals surface area (Å²) < 4.78 is 26.7. The lowest BCUT2D eigenvalue weighted by Gasteiger charge is -2.41. The first-order valence-corrected chi connectivity index (χ1v) is 6.13. The molecule has 100 valence electrons. The highest BCUT2D eigenvalue weighted by Gasteiger charge is 2.42. The molecular weight excluding hydrogens is 254 g/mol. The summed E-state index contributed by atoms with van der Waals surface area (Å²) in [6.45, 7) is 0. The van der Waals surface area contributed by atoms with Crippen LogP contribution in [0.1, 0.15) is 12.8 Å². The predicted molar refractivity (Wildman–Crippen MR) is 65.8 cm³/mol. The van der Waals surface area contributed by atoms with Crippen LogP contribution in [0.4, 0.5) is 20.2 Å². The molecule has 6 heteroatoms. The fourth-order valence-electron chi connectivity index (χ4n) is 2.92. The van der Waals surface area contributed by atoms with Gasteiger partial charge in [-0.2, -0.15) is 0 Å². The summed E-state index contributed by atoms with van der Waals surface area (Å²) in [5.74, 6) is -1.01. The Morgan fingerprint density at radius 2 is 2.16 bits per heavy atom. The van der Waals surface area contributed by atoms with Gasteiger partial charge in [0.1, 0.15) is 11.5 Å². The van der Waals surface area contributed by atoms with Crippen molar-refractivity contribution < 1.29 is 13.7 Å². The maximum absolute atomic E-state index is 13.7. The normalized spacial score (nSPS) is 27.8. The zero-order valence-electron chi connectivity index (χ0n) is 9.98. The second-order valence-electron chi connectivity index (χ2n) is 5.03. The molecule has 0 spiro atoms. The van der Waals surface area contributed by atoms with Crippen LogP contribution in [0.2, 0.25) is 0 Å². The van der Waals surface area contributed by atoms with E-state index in [0.29, 0.717) is 17.9 Å². The Morgan fingerprint density at radius 1 is 1.37 bits per heavy atom. The van der Waals surface area contributed by atoms with E-state index in [2.05, 4.69) is 17.5 Å². The molecule has 0 aliphatic heterocycles. The monoisotopic (exact) mass is 266 g/mol. The molecule has 2 aliphatic rings. The lowest BCUT2D eigenvalue weighted by molar-refractivity contribution is -0.384. The SMILES string of the molecule is O=[N+]([O-])c1cc(F)cc(F)c1NC1CC2CC=CC21. The Labute approximate surface area is 108 Å². The maximum atomic E-state index is 13.7. The van der Waals surface area contributed by atoms with Crippen LogP contribution in [-0.4, -0.2) is 11.0 Å². The number of hydrogen-bond donors (Lipinski definition) is 1. The topological polar surface area (TPSA) is 55.2 Å². The summed E-state index contributed by atoms with van der Waals surface area (Å²) in [5, 5.41) is 13.7. The Balaban J connectivity index is 1.88. The van der Waals surface area contributed by atoms with Crippen molar-refractivity contribution >= 4 is 11.4 Å². The number of anilines is 1. The number of rotatable bonds is 3. The molecule has 1 aromatic rings. The summed E-state index contributed by atoms with van der Waals surface area (Å²) in [7, 11) is 0. The highest BCUT2D eigenvalue weighted by atomic mass is 19.1. The second kappa shape index (κ2) is 4.29. The standard InChI is InChI=1S/C13H12F2N2O2/c14-8-5-10(15)13(12(6-8)17(18)19)16-11-4-7-2-1-3-9(7)11/h1,3,5-7,9,11,16H,2,4H2. The van der Waals surface area contributed by atoms with Crippen LogP contribution in [0.15, 0.2) is 24.3 Å². The largest absolute Gasteiger partial charge is 0.374 e. The van der Waals surface area contributed by atoms with Gasteiger partial charge in [0.25, 0.3) is 5.69 Å². The van der Waals surface area contributed by atoms with Crippen molar-refractivity contribution in [2.75, 3.05) is 5.32 Å². The summed E-state index contributed by atoms with van der Waals surface area (Å²) in [6, 6.07) is 1.39. The van der Waals surface area contributed by atoms with Gasteiger partial charge in [0.15, 0.2) is 5.82 Å². The number of nitrogens with zero attached hydrogens (tertiary/aromatic N) is 1. The van der Waals surface area contributed by atoms with Crippen molar-refractivity contribution in [3.63, 3.8) is 0 Å². The number of nitro benzene ring substituents is 1. The molecule has 0 bridgehead atoms. The van der Waals surface area contributed by atoms with Crippen molar-refractivity contribution in [2.24, 2.45) is 11.8 Å². The molecule has 0 aromatic heterocycles. The molecular formula is C13H12F2N2O2. The van der Waals surface area contributed by atoms with Gasteiger partial charge in [0.05, 0.1) is 11.0 Å². The molecule has 1 aromatic carbocycles. The smallest absolute Gasteiger partial charge is 0.298 e. The van der Waals surface area contributed by atoms with E-state index in [-0.39, 0.29) is 11.7 Å². The third-order valence-corrected chi connectivity index (χ3v) is 3.92. The van der Waals surface area contributed by atoms with E-state index in [1.165, 1.54) is 0 Å². The molecule has 3 unspecified atom stereocenters. The van der Waals surface area contributed by atoms with Crippen molar-refractivity contribution in [3.8, 4) is 0 Å². The average Bonchev–Trinajstić information content (AvgIpc) is 2.68. The summed E-state index contributed by atoms with van der Waals surface area (Å²) in [6.07, 6.45) is 5.99. The van der Waals surface area contributed by atoms with E-state index >= 15 is 0 Å². The van der Waals surface area contributed by atoms with Gasteiger partial charge in [-0.05, 0) is 18.8 Å². The first-order chi connectivity index (χ1) is 9.06. The fourth-order valence-corrected chi connectivity index (χ4v) is 2.92. The number of nitrogens with one attached hydrogen (secondary N) is 1. The minimum Gasteiger partial charge on any atom is -0.374 e. The summed E-state index contributed by atoms with van der Waals surface area (Å²) in [5.41, 5.74) is -0.766. The van der Waals surface area contributed by atoms with E-state index in [4.69, 9.17) is 0 Å². The Bertz CT molecular complexity index is 574. The van der Waals surface area contributed by atoms with Crippen LogP contribution < -0.4 is 5.32 Å². The molecule has 3 rings (SSSR count). The van der Waals surface area contributed by atoms with E-state index in [1.54, 1.807) is 0 Å². The Kier molecular flexibility index (Phi) is 2.73. The van der Waals surface area contributed by atoms with Gasteiger partial charge in [-0.3, -0.25) is 10.1 Å². The first-order valence-electron chi connectivity index (χ1n) is 6.13. The molecule has 4 nitrogen and oxygen atoms in total. The van der Waals surface area contributed by atoms with E-state index in [9.17, 15) is 18.9 Å². The van der Waals surface area contributed by atoms with Gasteiger partial charge in [-0.25, -0.2) is 8.78 Å². The Morgan fingerprint density at radius 3 is 2.84 bits per heavy atom. The van der Waals surface area contributed by atoms with Crippen molar-refractivity contribution in [1.29, 1.82) is 0 Å². The van der Waals surface area contributed by atoms with Gasteiger partial charge in [0.2, 0.25) is 0 Å². The van der Waals surface area contributed by atoms with Gasteiger partial charge in [0, 0.05) is 18.0 Å². The quantitative estimate of drug-likeness (QED) is 0.519. The molecule has 0 saturated heterocycles. The van der Waals surface area contributed by atoms with Crippen LogP contribution in [0.25, 0.3) is 0 Å². The van der Waals surface area contributed by atoms with Crippen LogP contribution in [-0.2, 0) is 0 Å². The molecule has 19 heavy (non-hydrogen) atoms. The number of hydrogen-bond acceptors (Lipinski definition) is 3. The van der Waals surface area contributed by atoms with Crippen molar-refractivity contribution in [2.45, 2.75) is 18.9 Å². The highest BCUT2D eigenvalue weighted by Crippen LogP contribution is 2.45. The minimum atomic E-state index is -0.943. The Hall–Kier alpha value is -1.98. The summed E-state index contributed by atoms with van der Waals surface area (Å²) >= 11 is 0. The van der Waals surface area contributed by atoms with Crippen LogP contribution >= 0.6 is 0 Å². The molecule has 1 saturated carbocycles. The molecule has 0 radical (unpaired) electrons. The second-order valence-corrected chi connectivity index (χ2v) is 5.03. The van der Waals surface area contributed by atoms with Crippen molar-refractivity contribution in [1.82, 2.24) is 0 Å². The zero-order valence-corrected chi connectivity index (χ0v) is 9.98. The van der Waals surface area contributed by atoms with Gasteiger partial charge >= 0.3 is 0 Å². The van der Waals surface area contributed by atoms with E-state index in [1.807, 2.05) is 0 Å². The van der Waals surface area contributed by atoms with Gasteiger partial charge in [-0.15, -0.1) is 0 Å². The number of benzene rings is 1. The van der Waals surface area contributed by atoms with Gasteiger partial charge in [-0.1, -0.05) is 12.2 Å². The van der Waals surface area contributed by atoms with Crippen LogP contribution in [0, 0.1) is 33.6 Å². The maximum Gasteiger partial charge on any atom is 0.298 e. The summed E-state index contributed by atoms with van der Waals surface area (Å²) in [4.78, 5) is 10.1. The molecule has 3 atom stereocenters. The third kappa shape index (κ3) is 1.97. The van der Waals surface area contributed by atoms with Gasteiger partial charge < -0.3 is 5.32 Å². The van der Waals surface area contributed by atoms with E-state index < -0.39 is 22.2 Å². The highest BCUT2D eigenvalue weighted by molar-refractivity contribution is 5.63. The number of nitro groups is 1. The molecule has 1 N–H and O–H groups in total. The van der Waals surface area contributed by atoms with Crippen molar-refractivity contribution in [3.05, 3.63) is 46.0 Å². The number of halogens is 2. The fraction of sp³-hybridized carbons (Fsp3) is 0.385. The molecule has 0 amide bonds. The molecule has 1 fully saturated rings. The average molecular weight is 266 g/mol. The zero-order chi connectivity index (χ0) is 13.6. The lowest BCUT2D eigenvalue weighted by atomic mass is 9.71. The molecule has 2 aliphatic carbocycles. The number of fused-ring (bicyclic) bond motifs is 1. The van der Waals surface area contributed by atoms with Crippen LogP contribution in [0.5, 0.6) is 0 Å². The first kappa shape index (κ1) is 12.1. The van der Waals surface area contributed by atoms with E-state index in [0.717, 1.165) is 18.9 Å². The van der Waals surface area contributed by atoms with Crippen LogP contribution in [0.3, 0.4) is 0 Å². The number of allylic oxidation sites excluding steroid dienone is 1.